The second-order valence-electron chi connectivity index (χ2n) is 6.24. The normalized spacial score (nSPS) is 11.8. The highest BCUT2D eigenvalue weighted by Gasteiger charge is 2.22. The van der Waals surface area contributed by atoms with E-state index in [-0.39, 0.29) is 0 Å². The number of carbonyl (C=O) groups excluding carboxylic acids is 2. The third kappa shape index (κ3) is 3.75. The van der Waals surface area contributed by atoms with E-state index in [0.29, 0.717) is 21.9 Å². The Labute approximate surface area is 156 Å². The predicted molar refractivity (Wildman–Crippen MR) is 102 cm³/mol. The molecule has 138 valence electrons. The van der Waals surface area contributed by atoms with E-state index in [2.05, 4.69) is 0 Å². The molecule has 6 nitrogen and oxygen atoms in total. The lowest BCUT2D eigenvalue weighted by atomic mass is 10.0. The first-order valence-electron chi connectivity index (χ1n) is 8.40. The summed E-state index contributed by atoms with van der Waals surface area (Å²) in [6.45, 7) is 1.73. The molecular formula is C21H20N2O4. The number of hydrogen-bond acceptors (Lipinski definition) is 4. The quantitative estimate of drug-likeness (QED) is 0.535. The zero-order chi connectivity index (χ0) is 19.6. The topological polar surface area (TPSA) is 92.9 Å². The Morgan fingerprint density at radius 3 is 2.26 bits per heavy atom. The average molecular weight is 364 g/mol. The number of hydrogen-bond donors (Lipinski definition) is 2. The molecule has 0 heterocycles. The number of primary amides is 1. The van der Waals surface area contributed by atoms with Gasteiger partial charge in [0.05, 0.1) is 13.2 Å². The third-order valence-corrected chi connectivity index (χ3v) is 4.52. The number of carbonyl (C=O) groups is 2. The Bertz CT molecular complexity index is 1020. The van der Waals surface area contributed by atoms with Gasteiger partial charge in [-0.3, -0.25) is 14.8 Å². The van der Waals surface area contributed by atoms with Gasteiger partial charge in [-0.2, -0.15) is 0 Å². The summed E-state index contributed by atoms with van der Waals surface area (Å²) in [5.41, 5.74) is 6.78. The Morgan fingerprint density at radius 2 is 1.63 bits per heavy atom. The second-order valence-corrected chi connectivity index (χ2v) is 6.24. The number of nitrogens with two attached hydrogens (primary N) is 1. The van der Waals surface area contributed by atoms with E-state index < -0.39 is 17.9 Å². The number of methoxy groups -OCH3 is 1. The first-order chi connectivity index (χ1) is 12.9. The molecule has 0 aromatic heterocycles. The number of benzene rings is 3. The fourth-order valence-electron chi connectivity index (χ4n) is 2.88. The Hall–Kier alpha value is -3.38. The van der Waals surface area contributed by atoms with Crippen LogP contribution in [0.2, 0.25) is 0 Å². The number of fused-ring (bicyclic) bond motifs is 1. The van der Waals surface area contributed by atoms with Crippen LogP contribution in [0.4, 0.5) is 0 Å². The Kier molecular flexibility index (Phi) is 5.09. The van der Waals surface area contributed by atoms with Crippen LogP contribution in [-0.4, -0.2) is 29.2 Å². The van der Waals surface area contributed by atoms with E-state index in [1.54, 1.807) is 68.6 Å². The van der Waals surface area contributed by atoms with E-state index in [9.17, 15) is 14.8 Å². The lowest BCUT2D eigenvalue weighted by Gasteiger charge is -2.23. The molecule has 6 heteroatoms. The van der Waals surface area contributed by atoms with Crippen LogP contribution in [0.3, 0.4) is 0 Å². The molecule has 0 saturated carbocycles. The third-order valence-electron chi connectivity index (χ3n) is 4.52. The van der Waals surface area contributed by atoms with Gasteiger partial charge in [0.25, 0.3) is 5.91 Å². The van der Waals surface area contributed by atoms with Crippen LogP contribution < -0.4 is 10.5 Å². The summed E-state index contributed by atoms with van der Waals surface area (Å²) < 4.78 is 5.19. The van der Waals surface area contributed by atoms with E-state index >= 15 is 0 Å². The van der Waals surface area contributed by atoms with Crippen LogP contribution in [0.15, 0.2) is 60.7 Å². The van der Waals surface area contributed by atoms with Crippen molar-refractivity contribution >= 4 is 22.6 Å². The summed E-state index contributed by atoms with van der Waals surface area (Å²) in [4.78, 5) is 24.0. The van der Waals surface area contributed by atoms with Gasteiger partial charge in [0, 0.05) is 11.1 Å². The van der Waals surface area contributed by atoms with Gasteiger partial charge in [0.15, 0.2) is 0 Å². The van der Waals surface area contributed by atoms with Crippen molar-refractivity contribution in [2.24, 2.45) is 5.73 Å². The van der Waals surface area contributed by atoms with Crippen molar-refractivity contribution in [3.8, 4) is 5.75 Å². The lowest BCUT2D eigenvalue weighted by molar-refractivity contribution is -0.0854. The minimum atomic E-state index is -0.555. The van der Waals surface area contributed by atoms with Crippen molar-refractivity contribution in [1.29, 1.82) is 0 Å². The van der Waals surface area contributed by atoms with Gasteiger partial charge in [-0.05, 0) is 59.7 Å². The Balaban J connectivity index is 1.87. The molecule has 0 spiro atoms. The number of hydroxylamine groups is 2. The van der Waals surface area contributed by atoms with Crippen LogP contribution >= 0.6 is 0 Å². The monoisotopic (exact) mass is 364 g/mol. The van der Waals surface area contributed by atoms with Gasteiger partial charge in [0.1, 0.15) is 5.75 Å². The second kappa shape index (κ2) is 7.47. The van der Waals surface area contributed by atoms with Crippen molar-refractivity contribution in [1.82, 2.24) is 5.06 Å². The first kappa shape index (κ1) is 18.4. The summed E-state index contributed by atoms with van der Waals surface area (Å²) >= 11 is 0. The minimum absolute atomic E-state index is 0.339. The largest absolute Gasteiger partial charge is 0.497 e. The van der Waals surface area contributed by atoms with Gasteiger partial charge >= 0.3 is 0 Å². The molecule has 1 atom stereocenters. The van der Waals surface area contributed by atoms with E-state index in [0.717, 1.165) is 16.3 Å². The van der Waals surface area contributed by atoms with E-state index in [1.807, 2.05) is 6.07 Å². The molecule has 0 saturated heterocycles. The van der Waals surface area contributed by atoms with Crippen molar-refractivity contribution in [3.05, 3.63) is 77.4 Å². The maximum absolute atomic E-state index is 12.7. The number of amides is 2. The van der Waals surface area contributed by atoms with Crippen LogP contribution in [0.1, 0.15) is 39.2 Å². The molecule has 0 aliphatic heterocycles. The van der Waals surface area contributed by atoms with Crippen LogP contribution in [0.5, 0.6) is 5.75 Å². The molecule has 0 bridgehead atoms. The highest BCUT2D eigenvalue weighted by Crippen LogP contribution is 2.25. The van der Waals surface area contributed by atoms with Crippen molar-refractivity contribution < 1.29 is 19.5 Å². The van der Waals surface area contributed by atoms with Gasteiger partial charge in [0.2, 0.25) is 5.91 Å². The maximum atomic E-state index is 12.7. The fraction of sp³-hybridized carbons (Fsp3) is 0.143. The minimum Gasteiger partial charge on any atom is -0.497 e. The van der Waals surface area contributed by atoms with Crippen molar-refractivity contribution in [2.45, 2.75) is 13.0 Å². The summed E-state index contributed by atoms with van der Waals surface area (Å²) in [6, 6.07) is 16.6. The van der Waals surface area contributed by atoms with E-state index in [4.69, 9.17) is 10.5 Å². The van der Waals surface area contributed by atoms with Gasteiger partial charge in [-0.15, -0.1) is 0 Å². The molecule has 0 unspecified atom stereocenters. The number of rotatable bonds is 5. The smallest absolute Gasteiger partial charge is 0.277 e. The standard InChI is InChI=1S/C21H20N2O4/c1-13(14-4-3-5-19(12-14)27-2)23(26)21(25)18-9-7-15-10-17(20(22)24)8-6-16(15)11-18/h3-13,26H,1-2H3,(H2,22,24)/t13-/m0/s1. The first-order valence-corrected chi connectivity index (χ1v) is 8.40. The van der Waals surface area contributed by atoms with Gasteiger partial charge < -0.3 is 10.5 Å². The van der Waals surface area contributed by atoms with Crippen molar-refractivity contribution in [3.63, 3.8) is 0 Å². The summed E-state index contributed by atoms with van der Waals surface area (Å²) in [5, 5.41) is 12.7. The number of nitrogens with zero attached hydrogens (tertiary/aromatic N) is 1. The molecule has 3 N–H and O–H groups in total. The highest BCUT2D eigenvalue weighted by molar-refractivity contribution is 6.01. The molecule has 0 radical (unpaired) electrons. The summed E-state index contributed by atoms with van der Waals surface area (Å²) in [6.07, 6.45) is 0. The average Bonchev–Trinajstić information content (AvgIpc) is 2.71. The van der Waals surface area contributed by atoms with Gasteiger partial charge in [-0.1, -0.05) is 24.3 Å². The zero-order valence-electron chi connectivity index (χ0n) is 15.0. The molecule has 0 aliphatic rings. The maximum Gasteiger partial charge on any atom is 0.277 e. The molecule has 3 rings (SSSR count). The lowest BCUT2D eigenvalue weighted by Crippen LogP contribution is -2.30. The highest BCUT2D eigenvalue weighted by atomic mass is 16.5. The van der Waals surface area contributed by atoms with Crippen LogP contribution in [0.25, 0.3) is 10.8 Å². The Morgan fingerprint density at radius 1 is 1.00 bits per heavy atom. The molecule has 3 aromatic rings. The summed E-state index contributed by atoms with van der Waals surface area (Å²) in [7, 11) is 1.56. The molecule has 27 heavy (non-hydrogen) atoms. The predicted octanol–water partition coefficient (Wildman–Crippen LogP) is 3.54. The summed E-state index contributed by atoms with van der Waals surface area (Å²) in [5.74, 6) is -0.381. The van der Waals surface area contributed by atoms with Crippen LogP contribution in [0, 0.1) is 0 Å². The molecule has 3 aromatic carbocycles. The zero-order valence-corrected chi connectivity index (χ0v) is 15.0. The van der Waals surface area contributed by atoms with E-state index in [1.165, 1.54) is 0 Å². The molecular weight excluding hydrogens is 344 g/mol. The van der Waals surface area contributed by atoms with Crippen molar-refractivity contribution in [2.75, 3.05) is 7.11 Å². The molecule has 0 aliphatic carbocycles. The van der Waals surface area contributed by atoms with Gasteiger partial charge in [-0.25, -0.2) is 5.06 Å². The van der Waals surface area contributed by atoms with Crippen LogP contribution in [-0.2, 0) is 0 Å². The molecule has 0 fully saturated rings. The SMILES string of the molecule is COc1cccc([C@H](C)N(O)C(=O)c2ccc3cc(C(N)=O)ccc3c2)c1. The fourth-order valence-corrected chi connectivity index (χ4v) is 2.88. The number of ether oxygens (including phenoxy) is 1. The molecule has 2 amide bonds.